The van der Waals surface area contributed by atoms with Crippen LogP contribution in [0.3, 0.4) is 0 Å². The first-order valence-corrected chi connectivity index (χ1v) is 14.4. The number of unbranched alkanes of at least 4 members (excludes halogenated alkanes) is 5. The maximum Gasteiger partial charge on any atom is 0.271 e. The van der Waals surface area contributed by atoms with E-state index in [1.807, 2.05) is 42.5 Å². The Hall–Kier alpha value is -2.84. The molecule has 6 nitrogen and oxygen atoms in total. The lowest BCUT2D eigenvalue weighted by Crippen LogP contribution is -2.17. The van der Waals surface area contributed by atoms with Crippen molar-refractivity contribution in [2.75, 3.05) is 13.7 Å². The number of nitrogens with zero attached hydrogens (tertiary/aromatic N) is 1. The maximum atomic E-state index is 12.7. The highest BCUT2D eigenvalue weighted by Gasteiger charge is 2.12. The molecule has 8 heteroatoms. The molecule has 0 saturated heterocycles. The molecule has 3 aromatic carbocycles. The molecule has 0 aliphatic carbocycles. The molecular formula is C30H34Br2N2O4. The van der Waals surface area contributed by atoms with E-state index in [1.165, 1.54) is 32.1 Å². The minimum Gasteiger partial charge on any atom is -0.493 e. The summed E-state index contributed by atoms with van der Waals surface area (Å²) in [5.41, 5.74) is 4.82. The van der Waals surface area contributed by atoms with Gasteiger partial charge in [0.2, 0.25) is 0 Å². The normalized spacial score (nSPS) is 10.9. The average molecular weight is 646 g/mol. The minimum atomic E-state index is -0.355. The van der Waals surface area contributed by atoms with Gasteiger partial charge in [0.15, 0.2) is 11.5 Å². The third-order valence-electron chi connectivity index (χ3n) is 5.81. The van der Waals surface area contributed by atoms with Crippen LogP contribution in [0.4, 0.5) is 0 Å². The van der Waals surface area contributed by atoms with Crippen molar-refractivity contribution in [1.82, 2.24) is 5.43 Å². The van der Waals surface area contributed by atoms with Gasteiger partial charge in [0, 0.05) is 5.56 Å². The lowest BCUT2D eigenvalue weighted by Gasteiger charge is -2.12. The zero-order chi connectivity index (χ0) is 27.2. The Balaban J connectivity index is 1.52. The van der Waals surface area contributed by atoms with Crippen molar-refractivity contribution < 1.29 is 19.0 Å². The quantitative estimate of drug-likeness (QED) is 0.103. The first kappa shape index (κ1) is 29.7. The molecule has 0 aromatic heterocycles. The summed E-state index contributed by atoms with van der Waals surface area (Å²) >= 11 is 7.16. The predicted molar refractivity (Wildman–Crippen MR) is 160 cm³/mol. The number of amides is 1. The maximum absolute atomic E-state index is 12.7. The summed E-state index contributed by atoms with van der Waals surface area (Å²) in [4.78, 5) is 12.7. The van der Waals surface area contributed by atoms with E-state index in [1.54, 1.807) is 31.5 Å². The Bertz CT molecular complexity index is 1180. The molecule has 1 N–H and O–H groups in total. The number of rotatable bonds is 15. The summed E-state index contributed by atoms with van der Waals surface area (Å²) in [6.45, 7) is 3.30. The molecule has 0 bridgehead atoms. The second-order valence-corrected chi connectivity index (χ2v) is 10.5. The van der Waals surface area contributed by atoms with Crippen LogP contribution >= 0.6 is 31.9 Å². The fraction of sp³-hybridized carbons (Fsp3) is 0.333. The molecule has 0 heterocycles. The van der Waals surface area contributed by atoms with Crippen LogP contribution in [-0.2, 0) is 6.61 Å². The third-order valence-corrected chi connectivity index (χ3v) is 6.99. The van der Waals surface area contributed by atoms with E-state index in [9.17, 15) is 4.79 Å². The monoisotopic (exact) mass is 644 g/mol. The molecule has 0 saturated carbocycles. The van der Waals surface area contributed by atoms with Crippen molar-refractivity contribution in [3.63, 3.8) is 0 Å². The molecule has 0 radical (unpaired) electrons. The Morgan fingerprint density at radius 2 is 1.61 bits per heavy atom. The number of nitrogens with one attached hydrogen (secondary N) is 1. The minimum absolute atomic E-state index is 0.355. The van der Waals surface area contributed by atoms with E-state index in [0.717, 1.165) is 32.2 Å². The van der Waals surface area contributed by atoms with Crippen molar-refractivity contribution in [3.8, 4) is 17.2 Å². The van der Waals surface area contributed by atoms with Gasteiger partial charge in [-0.2, -0.15) is 5.10 Å². The summed E-state index contributed by atoms with van der Waals surface area (Å²) in [7, 11) is 1.54. The van der Waals surface area contributed by atoms with Crippen LogP contribution in [0.15, 0.2) is 74.7 Å². The van der Waals surface area contributed by atoms with Crippen LogP contribution in [0.2, 0.25) is 0 Å². The number of benzene rings is 3. The Labute approximate surface area is 242 Å². The van der Waals surface area contributed by atoms with E-state index in [0.29, 0.717) is 30.3 Å². The summed E-state index contributed by atoms with van der Waals surface area (Å²) in [5, 5.41) is 4.12. The van der Waals surface area contributed by atoms with Gasteiger partial charge in [0.1, 0.15) is 12.4 Å². The van der Waals surface area contributed by atoms with Gasteiger partial charge in [0.25, 0.3) is 5.91 Å². The van der Waals surface area contributed by atoms with Crippen LogP contribution in [0.25, 0.3) is 0 Å². The number of carbonyl (C=O) groups excluding carboxylic acids is 1. The zero-order valence-corrected chi connectivity index (χ0v) is 25.0. The molecule has 0 fully saturated rings. The van der Waals surface area contributed by atoms with E-state index in [4.69, 9.17) is 14.2 Å². The molecular weight excluding hydrogens is 612 g/mol. The molecule has 3 rings (SSSR count). The SMILES string of the molecule is CCCCCCCCOc1c(Br)cc(/C=N/NC(=O)c2ccc(OCc3ccccc3)c(OC)c2)cc1Br. The number of halogens is 2. The standard InChI is InChI=1S/C30H34Br2N2O4/c1-3-4-5-6-7-11-16-37-29-25(31)17-23(18-26(29)32)20-33-34-30(35)24-14-15-27(28(19-24)36-2)38-21-22-12-9-8-10-13-22/h8-10,12-15,17-20H,3-7,11,16,21H2,1-2H3,(H,34,35)/b33-20+. The number of ether oxygens (including phenoxy) is 3. The summed E-state index contributed by atoms with van der Waals surface area (Å²) < 4.78 is 18.9. The van der Waals surface area contributed by atoms with Gasteiger partial charge >= 0.3 is 0 Å². The van der Waals surface area contributed by atoms with Crippen LogP contribution in [0.5, 0.6) is 17.2 Å². The summed E-state index contributed by atoms with van der Waals surface area (Å²) in [6, 6.07) is 18.7. The van der Waals surface area contributed by atoms with Crippen LogP contribution < -0.4 is 19.6 Å². The number of hydrazone groups is 1. The van der Waals surface area contributed by atoms with Gasteiger partial charge in [-0.25, -0.2) is 5.43 Å². The molecule has 0 unspecified atom stereocenters. The van der Waals surface area contributed by atoms with Crippen molar-refractivity contribution in [1.29, 1.82) is 0 Å². The molecule has 0 spiro atoms. The number of methoxy groups -OCH3 is 1. The smallest absolute Gasteiger partial charge is 0.271 e. The van der Waals surface area contributed by atoms with Gasteiger partial charge in [-0.1, -0.05) is 69.4 Å². The molecule has 3 aromatic rings. The predicted octanol–water partition coefficient (Wildman–Crippen LogP) is 8.30. The van der Waals surface area contributed by atoms with Gasteiger partial charge in [-0.05, 0) is 79.7 Å². The molecule has 38 heavy (non-hydrogen) atoms. The molecule has 202 valence electrons. The van der Waals surface area contributed by atoms with E-state index in [-0.39, 0.29) is 5.91 Å². The van der Waals surface area contributed by atoms with Gasteiger partial charge < -0.3 is 14.2 Å². The van der Waals surface area contributed by atoms with Crippen molar-refractivity contribution in [3.05, 3.63) is 86.3 Å². The molecule has 0 aliphatic rings. The van der Waals surface area contributed by atoms with Gasteiger partial charge in [-0.15, -0.1) is 0 Å². The van der Waals surface area contributed by atoms with Gasteiger partial charge in [-0.3, -0.25) is 4.79 Å². The second-order valence-electron chi connectivity index (χ2n) is 8.77. The average Bonchev–Trinajstić information content (AvgIpc) is 2.93. The van der Waals surface area contributed by atoms with Crippen molar-refractivity contribution >= 4 is 44.0 Å². The van der Waals surface area contributed by atoms with Crippen LogP contribution in [0, 0.1) is 0 Å². The second kappa shape index (κ2) is 16.2. The van der Waals surface area contributed by atoms with Crippen molar-refractivity contribution in [2.24, 2.45) is 5.10 Å². The molecule has 0 atom stereocenters. The van der Waals surface area contributed by atoms with Gasteiger partial charge in [0.05, 0.1) is 28.9 Å². The summed E-state index contributed by atoms with van der Waals surface area (Å²) in [5.74, 6) is 1.44. The van der Waals surface area contributed by atoms with E-state index in [2.05, 4.69) is 49.3 Å². The highest BCUT2D eigenvalue weighted by atomic mass is 79.9. The Kier molecular flexibility index (Phi) is 12.7. The van der Waals surface area contributed by atoms with Crippen LogP contribution in [-0.4, -0.2) is 25.8 Å². The third kappa shape index (κ3) is 9.48. The Morgan fingerprint density at radius 1 is 0.895 bits per heavy atom. The fourth-order valence-corrected chi connectivity index (χ4v) is 5.19. The fourth-order valence-electron chi connectivity index (χ4n) is 3.74. The van der Waals surface area contributed by atoms with Crippen LogP contribution in [0.1, 0.15) is 66.9 Å². The lowest BCUT2D eigenvalue weighted by molar-refractivity contribution is 0.0954. The topological polar surface area (TPSA) is 69.2 Å². The van der Waals surface area contributed by atoms with E-state index >= 15 is 0 Å². The highest BCUT2D eigenvalue weighted by Crippen LogP contribution is 2.34. The largest absolute Gasteiger partial charge is 0.493 e. The van der Waals surface area contributed by atoms with Crippen molar-refractivity contribution in [2.45, 2.75) is 52.1 Å². The first-order chi connectivity index (χ1) is 18.5. The number of hydrogen-bond donors (Lipinski definition) is 1. The Morgan fingerprint density at radius 3 is 2.32 bits per heavy atom. The lowest BCUT2D eigenvalue weighted by atomic mass is 10.1. The molecule has 0 aliphatic heterocycles. The first-order valence-electron chi connectivity index (χ1n) is 12.8. The zero-order valence-electron chi connectivity index (χ0n) is 21.8. The number of carbonyl (C=O) groups is 1. The molecule has 1 amide bonds. The summed E-state index contributed by atoms with van der Waals surface area (Å²) in [6.07, 6.45) is 8.88. The van der Waals surface area contributed by atoms with E-state index < -0.39 is 0 Å². The highest BCUT2D eigenvalue weighted by molar-refractivity contribution is 9.11. The number of hydrogen-bond acceptors (Lipinski definition) is 5.